The van der Waals surface area contributed by atoms with Crippen LogP contribution in [0.2, 0.25) is 0 Å². The molecule has 1 saturated heterocycles. The zero-order valence-electron chi connectivity index (χ0n) is 13.5. The Kier molecular flexibility index (Phi) is 4.24. The smallest absolute Gasteiger partial charge is 0.256 e. The highest BCUT2D eigenvalue weighted by atomic mass is 16.2. The summed E-state index contributed by atoms with van der Waals surface area (Å²) in [6.45, 7) is 0.273. The van der Waals surface area contributed by atoms with E-state index < -0.39 is 5.54 Å². The molecule has 0 spiro atoms. The fraction of sp³-hybridized carbons (Fsp3) is 0.588. The first-order chi connectivity index (χ1) is 11.0. The lowest BCUT2D eigenvalue weighted by atomic mass is 9.79. The lowest BCUT2D eigenvalue weighted by Gasteiger charge is -2.33. The molecule has 1 aromatic rings. The zero-order valence-corrected chi connectivity index (χ0v) is 13.5. The molecule has 6 heteroatoms. The molecule has 0 radical (unpaired) electrons. The van der Waals surface area contributed by atoms with E-state index in [1.165, 1.54) is 30.2 Å². The molecule has 2 fully saturated rings. The van der Waals surface area contributed by atoms with Crippen molar-refractivity contribution in [3.05, 3.63) is 34.7 Å². The van der Waals surface area contributed by atoms with E-state index in [1.54, 1.807) is 29.9 Å². The van der Waals surface area contributed by atoms with Gasteiger partial charge in [-0.2, -0.15) is 0 Å². The van der Waals surface area contributed by atoms with Crippen LogP contribution < -0.4 is 10.9 Å². The number of guanidine groups is 1. The summed E-state index contributed by atoms with van der Waals surface area (Å²) >= 11 is 0. The van der Waals surface area contributed by atoms with Crippen molar-refractivity contribution in [1.82, 2.24) is 14.8 Å². The molecule has 2 aliphatic rings. The SMILES string of the molecule is CN1C(=N)NC(CC2CCCCC2)(Cn2ccccc2=O)C1=O. The van der Waals surface area contributed by atoms with Crippen LogP contribution >= 0.6 is 0 Å². The predicted octanol–water partition coefficient (Wildman–Crippen LogP) is 1.55. The molecule has 1 atom stereocenters. The molecule has 23 heavy (non-hydrogen) atoms. The molecule has 3 rings (SSSR count). The van der Waals surface area contributed by atoms with Gasteiger partial charge in [-0.3, -0.25) is 19.9 Å². The van der Waals surface area contributed by atoms with E-state index in [1.807, 2.05) is 0 Å². The lowest BCUT2D eigenvalue weighted by Crippen LogP contribution is -2.53. The molecule has 2 heterocycles. The Morgan fingerprint density at radius 2 is 2.00 bits per heavy atom. The summed E-state index contributed by atoms with van der Waals surface area (Å²) in [6.07, 6.45) is 8.30. The summed E-state index contributed by atoms with van der Waals surface area (Å²) in [6, 6.07) is 5.00. The monoisotopic (exact) mass is 316 g/mol. The maximum atomic E-state index is 12.8. The number of pyridine rings is 1. The summed E-state index contributed by atoms with van der Waals surface area (Å²) in [7, 11) is 1.62. The highest BCUT2D eigenvalue weighted by Crippen LogP contribution is 2.34. The number of hydrogen-bond donors (Lipinski definition) is 2. The van der Waals surface area contributed by atoms with E-state index in [-0.39, 0.29) is 24.0 Å². The lowest BCUT2D eigenvalue weighted by molar-refractivity contribution is -0.131. The maximum absolute atomic E-state index is 12.8. The van der Waals surface area contributed by atoms with Crippen molar-refractivity contribution in [1.29, 1.82) is 5.41 Å². The van der Waals surface area contributed by atoms with Crippen molar-refractivity contribution in [2.45, 2.75) is 50.6 Å². The Morgan fingerprint density at radius 1 is 1.26 bits per heavy atom. The predicted molar refractivity (Wildman–Crippen MR) is 88.3 cm³/mol. The fourth-order valence-corrected chi connectivity index (χ4v) is 3.86. The third kappa shape index (κ3) is 3.02. The molecule has 2 N–H and O–H groups in total. The second kappa shape index (κ2) is 6.18. The van der Waals surface area contributed by atoms with Crippen LogP contribution in [0.15, 0.2) is 29.2 Å². The van der Waals surface area contributed by atoms with Gasteiger partial charge < -0.3 is 9.88 Å². The van der Waals surface area contributed by atoms with E-state index in [0.29, 0.717) is 12.3 Å². The largest absolute Gasteiger partial charge is 0.340 e. The van der Waals surface area contributed by atoms with Crippen molar-refractivity contribution in [3.63, 3.8) is 0 Å². The molecule has 124 valence electrons. The van der Waals surface area contributed by atoms with Crippen LogP contribution in [0.4, 0.5) is 0 Å². The Bertz CT molecular complexity index is 663. The van der Waals surface area contributed by atoms with E-state index in [4.69, 9.17) is 5.41 Å². The first-order valence-corrected chi connectivity index (χ1v) is 8.32. The molecular weight excluding hydrogens is 292 g/mol. The van der Waals surface area contributed by atoms with Gasteiger partial charge in [-0.1, -0.05) is 38.2 Å². The number of rotatable bonds is 4. The van der Waals surface area contributed by atoms with E-state index in [2.05, 4.69) is 5.32 Å². The molecule has 6 nitrogen and oxygen atoms in total. The number of carbonyl (C=O) groups excluding carboxylic acids is 1. The topological polar surface area (TPSA) is 78.2 Å². The molecule has 1 amide bonds. The Labute approximate surface area is 136 Å². The summed E-state index contributed by atoms with van der Waals surface area (Å²) in [5.41, 5.74) is -0.995. The van der Waals surface area contributed by atoms with Crippen LogP contribution in [0.25, 0.3) is 0 Å². The molecule has 1 unspecified atom stereocenters. The minimum atomic E-state index is -0.876. The Morgan fingerprint density at radius 3 is 2.61 bits per heavy atom. The average molecular weight is 316 g/mol. The summed E-state index contributed by atoms with van der Waals surface area (Å²) in [5.74, 6) is 0.484. The second-order valence-electron chi connectivity index (χ2n) is 6.79. The quantitative estimate of drug-likeness (QED) is 0.885. The van der Waals surface area contributed by atoms with Gasteiger partial charge in [0.15, 0.2) is 5.96 Å². The van der Waals surface area contributed by atoms with Crippen molar-refractivity contribution in [3.8, 4) is 0 Å². The standard InChI is InChI=1S/C17H24N4O2/c1-20-15(23)17(19-16(20)18,11-13-7-3-2-4-8-13)12-21-10-6-5-9-14(21)22/h5-6,9-10,13H,2-4,7-8,11-12H2,1H3,(H2,18,19). The molecular formula is C17H24N4O2. The van der Waals surface area contributed by atoms with Crippen molar-refractivity contribution in [2.24, 2.45) is 5.92 Å². The number of carbonyl (C=O) groups is 1. The summed E-state index contributed by atoms with van der Waals surface area (Å²) in [4.78, 5) is 26.3. The van der Waals surface area contributed by atoms with Crippen LogP contribution in [0.3, 0.4) is 0 Å². The molecule has 0 aromatic carbocycles. The molecule has 1 aromatic heterocycles. The van der Waals surface area contributed by atoms with Crippen molar-refractivity contribution < 1.29 is 4.79 Å². The highest BCUT2D eigenvalue weighted by Gasteiger charge is 2.49. The summed E-state index contributed by atoms with van der Waals surface area (Å²) in [5, 5.41) is 11.1. The fourth-order valence-electron chi connectivity index (χ4n) is 3.86. The Hall–Kier alpha value is -2.11. The third-order valence-corrected chi connectivity index (χ3v) is 5.11. The van der Waals surface area contributed by atoms with Crippen LogP contribution in [-0.2, 0) is 11.3 Å². The van der Waals surface area contributed by atoms with E-state index in [9.17, 15) is 9.59 Å². The molecule has 1 saturated carbocycles. The maximum Gasteiger partial charge on any atom is 0.256 e. The van der Waals surface area contributed by atoms with Crippen LogP contribution in [0, 0.1) is 11.3 Å². The van der Waals surface area contributed by atoms with Crippen LogP contribution in [-0.4, -0.2) is 33.9 Å². The van der Waals surface area contributed by atoms with E-state index in [0.717, 1.165) is 12.8 Å². The minimum absolute atomic E-state index is 0.108. The Balaban J connectivity index is 1.90. The van der Waals surface area contributed by atoms with Gasteiger partial charge in [0.1, 0.15) is 5.54 Å². The number of aromatic nitrogens is 1. The van der Waals surface area contributed by atoms with Gasteiger partial charge in [0.05, 0.1) is 6.54 Å². The molecule has 0 bridgehead atoms. The summed E-state index contributed by atoms with van der Waals surface area (Å²) < 4.78 is 1.57. The van der Waals surface area contributed by atoms with Gasteiger partial charge in [-0.15, -0.1) is 0 Å². The highest BCUT2D eigenvalue weighted by molar-refractivity contribution is 6.07. The van der Waals surface area contributed by atoms with Gasteiger partial charge in [0, 0.05) is 19.3 Å². The number of nitrogens with zero attached hydrogens (tertiary/aromatic N) is 2. The van der Waals surface area contributed by atoms with Gasteiger partial charge >= 0.3 is 0 Å². The first kappa shape index (κ1) is 15.8. The van der Waals surface area contributed by atoms with Gasteiger partial charge in [0.2, 0.25) is 0 Å². The number of likely N-dealkylation sites (N-methyl/N-ethyl adjacent to an activating group) is 1. The molecule has 1 aliphatic heterocycles. The molecule has 1 aliphatic carbocycles. The van der Waals surface area contributed by atoms with E-state index >= 15 is 0 Å². The van der Waals surface area contributed by atoms with Gasteiger partial charge in [0.25, 0.3) is 11.5 Å². The van der Waals surface area contributed by atoms with Crippen molar-refractivity contribution >= 4 is 11.9 Å². The average Bonchev–Trinajstić information content (AvgIpc) is 2.75. The zero-order chi connectivity index (χ0) is 16.4. The normalized spacial score (nSPS) is 25.7. The first-order valence-electron chi connectivity index (χ1n) is 8.32. The van der Waals surface area contributed by atoms with Crippen molar-refractivity contribution in [2.75, 3.05) is 7.05 Å². The number of amides is 1. The third-order valence-electron chi connectivity index (χ3n) is 5.11. The van der Waals surface area contributed by atoms with Crippen LogP contribution in [0.1, 0.15) is 38.5 Å². The van der Waals surface area contributed by atoms with Gasteiger partial charge in [-0.05, 0) is 18.4 Å². The second-order valence-corrected chi connectivity index (χ2v) is 6.79. The number of nitrogens with one attached hydrogen (secondary N) is 2. The van der Waals surface area contributed by atoms with Crippen LogP contribution in [0.5, 0.6) is 0 Å². The minimum Gasteiger partial charge on any atom is -0.340 e. The van der Waals surface area contributed by atoms with Gasteiger partial charge in [-0.25, -0.2) is 0 Å². The number of hydrogen-bond acceptors (Lipinski definition) is 3.